The molecule has 1 atom stereocenters. The molecule has 0 bridgehead atoms. The fraction of sp³-hybridized carbons (Fsp3) is 0.667. The molecule has 0 aromatic carbocycles. The van der Waals surface area contributed by atoms with E-state index >= 15 is 0 Å². The second kappa shape index (κ2) is 8.24. The summed E-state index contributed by atoms with van der Waals surface area (Å²) in [4.78, 5) is 27.5. The van der Waals surface area contributed by atoms with Gasteiger partial charge < -0.3 is 14.2 Å². The molecule has 22 heavy (non-hydrogen) atoms. The molecule has 124 valence electrons. The Morgan fingerprint density at radius 1 is 1.32 bits per heavy atom. The van der Waals surface area contributed by atoms with Gasteiger partial charge in [0.15, 0.2) is 6.61 Å². The van der Waals surface area contributed by atoms with Gasteiger partial charge in [0.05, 0.1) is 12.1 Å². The maximum atomic E-state index is 11.7. The molecule has 0 aliphatic heterocycles. The molecule has 0 aliphatic carbocycles. The first-order valence-electron chi connectivity index (χ1n) is 7.14. The van der Waals surface area contributed by atoms with Crippen molar-refractivity contribution in [1.29, 1.82) is 0 Å². The fourth-order valence-electron chi connectivity index (χ4n) is 1.62. The molecular weight excluding hydrogens is 306 g/mol. The quantitative estimate of drug-likeness (QED) is 0.716. The van der Waals surface area contributed by atoms with Gasteiger partial charge in [0.1, 0.15) is 16.7 Å². The van der Waals surface area contributed by atoms with Crippen LogP contribution in [0.25, 0.3) is 0 Å². The Labute approximate surface area is 134 Å². The summed E-state index contributed by atoms with van der Waals surface area (Å²) in [5, 5.41) is 2.61. The van der Waals surface area contributed by atoms with Crippen LogP contribution in [0.5, 0.6) is 0 Å². The van der Waals surface area contributed by atoms with Gasteiger partial charge in [0.2, 0.25) is 0 Å². The summed E-state index contributed by atoms with van der Waals surface area (Å²) in [5.74, 6) is -1.07. The zero-order chi connectivity index (χ0) is 16.8. The average molecular weight is 329 g/mol. The van der Waals surface area contributed by atoms with Crippen molar-refractivity contribution < 1.29 is 23.8 Å². The Bertz CT molecular complexity index is 506. The van der Waals surface area contributed by atoms with Crippen LogP contribution in [0.1, 0.15) is 51.4 Å². The molecular formula is C15H23NO5S. The molecule has 1 heterocycles. The highest BCUT2D eigenvalue weighted by molar-refractivity contribution is 7.09. The van der Waals surface area contributed by atoms with Crippen molar-refractivity contribution in [3.05, 3.63) is 16.1 Å². The molecule has 0 unspecified atom stereocenters. The van der Waals surface area contributed by atoms with Gasteiger partial charge in [-0.2, -0.15) is 0 Å². The average Bonchev–Trinajstić information content (AvgIpc) is 2.83. The summed E-state index contributed by atoms with van der Waals surface area (Å²) < 4.78 is 15.4. The molecule has 0 radical (unpaired) electrons. The lowest BCUT2D eigenvalue weighted by Crippen LogP contribution is -2.27. The SMILES string of the molecule is CCO[C@@H](C)c1nc(CC(=O)OCC(=O)OC(C)(C)C)cs1. The summed E-state index contributed by atoms with van der Waals surface area (Å²) in [5.41, 5.74) is 0.0173. The van der Waals surface area contributed by atoms with Crippen molar-refractivity contribution in [3.8, 4) is 0 Å². The molecule has 1 aromatic rings. The third-order valence-corrected chi connectivity index (χ3v) is 3.49. The van der Waals surface area contributed by atoms with Crippen LogP contribution in [0.4, 0.5) is 0 Å². The van der Waals surface area contributed by atoms with Crippen molar-refractivity contribution in [2.45, 2.75) is 52.7 Å². The highest BCUT2D eigenvalue weighted by atomic mass is 32.1. The van der Waals surface area contributed by atoms with Crippen LogP contribution in [0, 0.1) is 0 Å². The number of carbonyl (C=O) groups is 2. The molecule has 0 N–H and O–H groups in total. The van der Waals surface area contributed by atoms with Crippen molar-refractivity contribution in [2.75, 3.05) is 13.2 Å². The van der Waals surface area contributed by atoms with Gasteiger partial charge in [0.25, 0.3) is 0 Å². The molecule has 0 saturated carbocycles. The van der Waals surface area contributed by atoms with E-state index in [-0.39, 0.29) is 19.1 Å². The van der Waals surface area contributed by atoms with E-state index in [1.807, 2.05) is 13.8 Å². The second-order valence-corrected chi connectivity index (χ2v) is 6.59. The highest BCUT2D eigenvalue weighted by Crippen LogP contribution is 2.21. The Kier molecular flexibility index (Phi) is 6.96. The van der Waals surface area contributed by atoms with Gasteiger partial charge in [-0.25, -0.2) is 9.78 Å². The Morgan fingerprint density at radius 3 is 2.59 bits per heavy atom. The molecule has 1 aromatic heterocycles. The number of thiazole rings is 1. The molecule has 0 amide bonds. The minimum absolute atomic E-state index is 0.0259. The summed E-state index contributed by atoms with van der Waals surface area (Å²) in [6, 6.07) is 0. The monoisotopic (exact) mass is 329 g/mol. The number of rotatable bonds is 7. The maximum absolute atomic E-state index is 11.7. The minimum atomic E-state index is -0.595. The van der Waals surface area contributed by atoms with E-state index < -0.39 is 17.5 Å². The zero-order valence-electron chi connectivity index (χ0n) is 13.7. The Morgan fingerprint density at radius 2 is 2.00 bits per heavy atom. The predicted octanol–water partition coefficient (Wildman–Crippen LogP) is 2.67. The molecule has 1 rings (SSSR count). The van der Waals surface area contributed by atoms with Gasteiger partial charge in [-0.3, -0.25) is 4.79 Å². The Hall–Kier alpha value is -1.47. The largest absolute Gasteiger partial charge is 0.457 e. The molecule has 6 nitrogen and oxygen atoms in total. The predicted molar refractivity (Wildman–Crippen MR) is 82.7 cm³/mol. The summed E-state index contributed by atoms with van der Waals surface area (Å²) in [6.45, 7) is 9.30. The first-order valence-corrected chi connectivity index (χ1v) is 8.02. The molecule has 0 spiro atoms. The van der Waals surface area contributed by atoms with E-state index in [0.29, 0.717) is 12.3 Å². The Balaban J connectivity index is 2.41. The molecule has 7 heteroatoms. The number of nitrogens with zero attached hydrogens (tertiary/aromatic N) is 1. The minimum Gasteiger partial charge on any atom is -0.457 e. The van der Waals surface area contributed by atoms with Gasteiger partial charge >= 0.3 is 11.9 Å². The van der Waals surface area contributed by atoms with Crippen LogP contribution in [-0.4, -0.2) is 35.7 Å². The third kappa shape index (κ3) is 7.00. The lowest BCUT2D eigenvalue weighted by Gasteiger charge is -2.19. The molecule has 0 aliphatic rings. The van der Waals surface area contributed by atoms with Crippen LogP contribution in [0.2, 0.25) is 0 Å². The number of carbonyl (C=O) groups excluding carboxylic acids is 2. The first-order chi connectivity index (χ1) is 10.2. The summed E-state index contributed by atoms with van der Waals surface area (Å²) in [6.07, 6.45) is -0.0699. The number of esters is 2. The van der Waals surface area contributed by atoms with E-state index in [0.717, 1.165) is 5.01 Å². The van der Waals surface area contributed by atoms with Crippen molar-refractivity contribution in [3.63, 3.8) is 0 Å². The molecule has 0 saturated heterocycles. The number of aromatic nitrogens is 1. The van der Waals surface area contributed by atoms with Gasteiger partial charge in [-0.15, -0.1) is 11.3 Å². The van der Waals surface area contributed by atoms with Gasteiger partial charge in [0, 0.05) is 12.0 Å². The third-order valence-electron chi connectivity index (χ3n) is 2.43. The van der Waals surface area contributed by atoms with Crippen molar-refractivity contribution in [1.82, 2.24) is 4.98 Å². The van der Waals surface area contributed by atoms with Crippen LogP contribution >= 0.6 is 11.3 Å². The van der Waals surface area contributed by atoms with Gasteiger partial charge in [-0.1, -0.05) is 0 Å². The normalized spacial score (nSPS) is 12.8. The van der Waals surface area contributed by atoms with E-state index in [1.54, 1.807) is 26.2 Å². The summed E-state index contributed by atoms with van der Waals surface area (Å²) >= 11 is 1.44. The smallest absolute Gasteiger partial charge is 0.344 e. The maximum Gasteiger partial charge on any atom is 0.344 e. The van der Waals surface area contributed by atoms with Crippen LogP contribution in [0.3, 0.4) is 0 Å². The number of hydrogen-bond donors (Lipinski definition) is 0. The number of hydrogen-bond acceptors (Lipinski definition) is 7. The highest BCUT2D eigenvalue weighted by Gasteiger charge is 2.18. The van der Waals surface area contributed by atoms with E-state index in [4.69, 9.17) is 14.2 Å². The van der Waals surface area contributed by atoms with Crippen molar-refractivity contribution >= 4 is 23.3 Å². The first kappa shape index (κ1) is 18.6. The molecule has 0 fully saturated rings. The lowest BCUT2D eigenvalue weighted by molar-refractivity contribution is -0.166. The van der Waals surface area contributed by atoms with Crippen molar-refractivity contribution in [2.24, 2.45) is 0 Å². The fourth-order valence-corrected chi connectivity index (χ4v) is 2.44. The van der Waals surface area contributed by atoms with Crippen LogP contribution in [-0.2, 0) is 30.2 Å². The van der Waals surface area contributed by atoms with Gasteiger partial charge in [-0.05, 0) is 34.6 Å². The van der Waals surface area contributed by atoms with Crippen LogP contribution < -0.4 is 0 Å². The second-order valence-electron chi connectivity index (χ2n) is 5.70. The van der Waals surface area contributed by atoms with Crippen LogP contribution in [0.15, 0.2) is 5.38 Å². The lowest BCUT2D eigenvalue weighted by atomic mass is 10.2. The van der Waals surface area contributed by atoms with E-state index in [2.05, 4.69) is 4.98 Å². The number of ether oxygens (including phenoxy) is 3. The van der Waals surface area contributed by atoms with E-state index in [1.165, 1.54) is 11.3 Å². The van der Waals surface area contributed by atoms with E-state index in [9.17, 15) is 9.59 Å². The topological polar surface area (TPSA) is 74.7 Å². The summed E-state index contributed by atoms with van der Waals surface area (Å²) in [7, 11) is 0. The standard InChI is InChI=1S/C15H23NO5S/c1-6-19-10(2)14-16-11(9-22-14)7-12(17)20-8-13(18)21-15(3,4)5/h9-10H,6-8H2,1-5H3/t10-/m0/s1. The zero-order valence-corrected chi connectivity index (χ0v) is 14.5.